The van der Waals surface area contributed by atoms with Gasteiger partial charge in [0.2, 0.25) is 0 Å². The van der Waals surface area contributed by atoms with E-state index in [4.69, 9.17) is 4.74 Å². The van der Waals surface area contributed by atoms with Crippen molar-refractivity contribution < 1.29 is 4.74 Å². The summed E-state index contributed by atoms with van der Waals surface area (Å²) in [4.78, 5) is 0. The van der Waals surface area contributed by atoms with Gasteiger partial charge in [0.05, 0.1) is 10.2 Å². The number of nitrogens with one attached hydrogen (secondary N) is 1. The standard InChI is InChI=1S/C11H14INO/c1-2-13-10-6-7-14-11-8(10)4-3-5-9(11)12/h3-5,10,13H,2,6-7H2,1H3. The highest BCUT2D eigenvalue weighted by molar-refractivity contribution is 14.1. The van der Waals surface area contributed by atoms with Crippen molar-refractivity contribution in [3.8, 4) is 5.75 Å². The number of halogens is 1. The molecular weight excluding hydrogens is 289 g/mol. The van der Waals surface area contributed by atoms with E-state index in [-0.39, 0.29) is 0 Å². The molecule has 1 aromatic rings. The van der Waals surface area contributed by atoms with Crippen molar-refractivity contribution in [1.82, 2.24) is 5.32 Å². The molecule has 0 fully saturated rings. The first-order valence-electron chi connectivity index (χ1n) is 4.97. The van der Waals surface area contributed by atoms with Crippen molar-refractivity contribution in [3.63, 3.8) is 0 Å². The summed E-state index contributed by atoms with van der Waals surface area (Å²) >= 11 is 2.33. The highest BCUT2D eigenvalue weighted by Crippen LogP contribution is 2.35. The van der Waals surface area contributed by atoms with E-state index in [1.165, 1.54) is 9.13 Å². The van der Waals surface area contributed by atoms with E-state index >= 15 is 0 Å². The molecule has 1 N–H and O–H groups in total. The smallest absolute Gasteiger partial charge is 0.137 e. The van der Waals surface area contributed by atoms with E-state index in [2.05, 4.69) is 53.0 Å². The third-order valence-electron chi connectivity index (χ3n) is 2.48. The van der Waals surface area contributed by atoms with Crippen LogP contribution in [-0.2, 0) is 0 Å². The maximum absolute atomic E-state index is 5.68. The molecule has 76 valence electrons. The molecule has 0 aliphatic carbocycles. The summed E-state index contributed by atoms with van der Waals surface area (Å²) in [5, 5.41) is 3.48. The minimum Gasteiger partial charge on any atom is -0.492 e. The zero-order valence-corrected chi connectivity index (χ0v) is 10.4. The van der Waals surface area contributed by atoms with Crippen molar-refractivity contribution in [2.24, 2.45) is 0 Å². The lowest BCUT2D eigenvalue weighted by molar-refractivity contribution is 0.252. The molecule has 1 aromatic carbocycles. The second kappa shape index (κ2) is 4.49. The van der Waals surface area contributed by atoms with Crippen molar-refractivity contribution in [1.29, 1.82) is 0 Å². The Kier molecular flexibility index (Phi) is 3.28. The van der Waals surface area contributed by atoms with Gasteiger partial charge in [-0.25, -0.2) is 0 Å². The molecule has 0 radical (unpaired) electrons. The Morgan fingerprint density at radius 1 is 1.57 bits per heavy atom. The number of rotatable bonds is 2. The molecule has 14 heavy (non-hydrogen) atoms. The van der Waals surface area contributed by atoms with Crippen LogP contribution in [0.25, 0.3) is 0 Å². The summed E-state index contributed by atoms with van der Waals surface area (Å²) < 4.78 is 6.89. The second-order valence-electron chi connectivity index (χ2n) is 3.41. The largest absolute Gasteiger partial charge is 0.492 e. The van der Waals surface area contributed by atoms with Gasteiger partial charge in [-0.2, -0.15) is 0 Å². The summed E-state index contributed by atoms with van der Waals surface area (Å²) in [6.07, 6.45) is 1.07. The van der Waals surface area contributed by atoms with Gasteiger partial charge < -0.3 is 10.1 Å². The topological polar surface area (TPSA) is 21.3 Å². The third-order valence-corrected chi connectivity index (χ3v) is 3.33. The SMILES string of the molecule is CCNC1CCOc2c(I)cccc21. The van der Waals surface area contributed by atoms with Crippen molar-refractivity contribution in [2.45, 2.75) is 19.4 Å². The molecule has 3 heteroatoms. The van der Waals surface area contributed by atoms with Crippen LogP contribution in [0.3, 0.4) is 0 Å². The Morgan fingerprint density at radius 2 is 2.43 bits per heavy atom. The fourth-order valence-corrected chi connectivity index (χ4v) is 2.52. The zero-order chi connectivity index (χ0) is 9.97. The van der Waals surface area contributed by atoms with Crippen LogP contribution in [0.4, 0.5) is 0 Å². The molecule has 1 heterocycles. The van der Waals surface area contributed by atoms with E-state index < -0.39 is 0 Å². The van der Waals surface area contributed by atoms with Crippen LogP contribution in [0.5, 0.6) is 5.75 Å². The fraction of sp³-hybridized carbons (Fsp3) is 0.455. The Bertz CT molecular complexity index is 327. The molecule has 0 spiro atoms. The minimum atomic E-state index is 0.471. The Morgan fingerprint density at radius 3 is 3.21 bits per heavy atom. The van der Waals surface area contributed by atoms with Gasteiger partial charge in [-0.15, -0.1) is 0 Å². The van der Waals surface area contributed by atoms with E-state index in [9.17, 15) is 0 Å². The van der Waals surface area contributed by atoms with E-state index in [0.717, 1.165) is 25.3 Å². The highest BCUT2D eigenvalue weighted by atomic mass is 127. The molecule has 0 saturated heterocycles. The van der Waals surface area contributed by atoms with Crippen LogP contribution in [0, 0.1) is 3.57 Å². The van der Waals surface area contributed by atoms with Crippen LogP contribution in [0.15, 0.2) is 18.2 Å². The van der Waals surface area contributed by atoms with Crippen molar-refractivity contribution in [2.75, 3.05) is 13.2 Å². The first kappa shape index (κ1) is 10.2. The van der Waals surface area contributed by atoms with E-state index in [1.807, 2.05) is 0 Å². The molecule has 2 rings (SSSR count). The van der Waals surface area contributed by atoms with Crippen LogP contribution >= 0.6 is 22.6 Å². The Balaban J connectivity index is 2.34. The van der Waals surface area contributed by atoms with Gasteiger partial charge in [0.15, 0.2) is 0 Å². The average Bonchev–Trinajstić information content (AvgIpc) is 2.20. The normalized spacial score (nSPS) is 20.0. The Labute approximate surface area is 98.2 Å². The Hall–Kier alpha value is -0.290. The van der Waals surface area contributed by atoms with Crippen molar-refractivity contribution in [3.05, 3.63) is 27.3 Å². The van der Waals surface area contributed by atoms with Gasteiger partial charge in [0, 0.05) is 18.0 Å². The molecule has 0 aromatic heterocycles. The molecule has 0 amide bonds. The molecule has 0 saturated carbocycles. The monoisotopic (exact) mass is 303 g/mol. The van der Waals surface area contributed by atoms with E-state index in [1.54, 1.807) is 0 Å². The van der Waals surface area contributed by atoms with Crippen LogP contribution in [-0.4, -0.2) is 13.2 Å². The number of hydrogen-bond donors (Lipinski definition) is 1. The molecule has 1 aliphatic heterocycles. The first-order valence-corrected chi connectivity index (χ1v) is 6.05. The van der Waals surface area contributed by atoms with Gasteiger partial charge >= 0.3 is 0 Å². The molecular formula is C11H14INO. The lowest BCUT2D eigenvalue weighted by atomic mass is 10.0. The van der Waals surface area contributed by atoms with E-state index in [0.29, 0.717) is 6.04 Å². The predicted octanol–water partition coefficient (Wildman–Crippen LogP) is 2.72. The molecule has 1 unspecified atom stereocenters. The lowest BCUT2D eigenvalue weighted by Crippen LogP contribution is -2.27. The summed E-state index contributed by atoms with van der Waals surface area (Å²) in [7, 11) is 0. The van der Waals surface area contributed by atoms with Crippen LogP contribution in [0.1, 0.15) is 24.9 Å². The average molecular weight is 303 g/mol. The summed E-state index contributed by atoms with van der Waals surface area (Å²) in [6, 6.07) is 6.82. The van der Waals surface area contributed by atoms with Gasteiger partial charge in [0.25, 0.3) is 0 Å². The number of hydrogen-bond acceptors (Lipinski definition) is 2. The number of benzene rings is 1. The maximum Gasteiger partial charge on any atom is 0.137 e. The van der Waals surface area contributed by atoms with Crippen LogP contribution in [0.2, 0.25) is 0 Å². The lowest BCUT2D eigenvalue weighted by Gasteiger charge is -2.27. The first-order chi connectivity index (χ1) is 6.83. The number of ether oxygens (including phenoxy) is 1. The maximum atomic E-state index is 5.68. The highest BCUT2D eigenvalue weighted by Gasteiger charge is 2.21. The third kappa shape index (κ3) is 1.88. The molecule has 1 aliphatic rings. The molecule has 0 bridgehead atoms. The summed E-state index contributed by atoms with van der Waals surface area (Å²) in [5.41, 5.74) is 1.31. The fourth-order valence-electron chi connectivity index (χ4n) is 1.84. The second-order valence-corrected chi connectivity index (χ2v) is 4.57. The number of para-hydroxylation sites is 1. The van der Waals surface area contributed by atoms with Gasteiger partial charge in [-0.05, 0) is 35.2 Å². The number of fused-ring (bicyclic) bond motifs is 1. The molecule has 2 nitrogen and oxygen atoms in total. The quantitative estimate of drug-likeness (QED) is 0.848. The van der Waals surface area contributed by atoms with Gasteiger partial charge in [-0.1, -0.05) is 19.1 Å². The molecule has 1 atom stereocenters. The predicted molar refractivity (Wildman–Crippen MR) is 65.7 cm³/mol. The van der Waals surface area contributed by atoms with Gasteiger partial charge in [-0.3, -0.25) is 0 Å². The van der Waals surface area contributed by atoms with Crippen LogP contribution < -0.4 is 10.1 Å². The van der Waals surface area contributed by atoms with Crippen molar-refractivity contribution >= 4 is 22.6 Å². The summed E-state index contributed by atoms with van der Waals surface area (Å²) in [5.74, 6) is 1.07. The minimum absolute atomic E-state index is 0.471. The summed E-state index contributed by atoms with van der Waals surface area (Å²) in [6.45, 7) is 3.98. The van der Waals surface area contributed by atoms with Gasteiger partial charge in [0.1, 0.15) is 5.75 Å². The zero-order valence-electron chi connectivity index (χ0n) is 8.22.